The monoisotopic (exact) mass is 257 g/mol. The molecule has 1 aliphatic heterocycles. The van der Waals surface area contributed by atoms with Crippen molar-refractivity contribution in [3.05, 3.63) is 18.3 Å². The second kappa shape index (κ2) is 5.10. The first-order valence-electron chi connectivity index (χ1n) is 5.93. The van der Waals surface area contributed by atoms with Crippen LogP contribution in [-0.2, 0) is 10.0 Å². The highest BCUT2D eigenvalue weighted by Crippen LogP contribution is 2.16. The third-order valence-corrected chi connectivity index (χ3v) is 5.02. The number of piperidine rings is 1. The Morgan fingerprint density at radius 2 is 2.29 bits per heavy atom. The van der Waals surface area contributed by atoms with Gasteiger partial charge in [-0.3, -0.25) is 4.31 Å². The highest BCUT2D eigenvalue weighted by molar-refractivity contribution is 7.92. The first-order valence-corrected chi connectivity index (χ1v) is 7.54. The molecule has 6 heteroatoms. The molecule has 2 N–H and O–H groups in total. The Kier molecular flexibility index (Phi) is 3.73. The van der Waals surface area contributed by atoms with Gasteiger partial charge >= 0.3 is 0 Å². The summed E-state index contributed by atoms with van der Waals surface area (Å²) < 4.78 is 25.6. The van der Waals surface area contributed by atoms with Gasteiger partial charge < -0.3 is 10.3 Å². The van der Waals surface area contributed by atoms with E-state index in [1.54, 1.807) is 25.4 Å². The highest BCUT2D eigenvalue weighted by Gasteiger charge is 2.25. The molecule has 0 aliphatic carbocycles. The molecular formula is C11H19N3O2S. The number of aromatic nitrogens is 1. The minimum Gasteiger partial charge on any atom is -0.348 e. The second-order valence-corrected chi connectivity index (χ2v) is 6.49. The van der Waals surface area contributed by atoms with E-state index in [-0.39, 0.29) is 11.8 Å². The van der Waals surface area contributed by atoms with Crippen LogP contribution in [0.4, 0.5) is 5.82 Å². The van der Waals surface area contributed by atoms with Gasteiger partial charge in [0.1, 0.15) is 5.82 Å². The first kappa shape index (κ1) is 12.4. The van der Waals surface area contributed by atoms with Crippen LogP contribution in [0.2, 0.25) is 0 Å². The summed E-state index contributed by atoms with van der Waals surface area (Å²) in [6, 6.07) is 3.64. The van der Waals surface area contributed by atoms with Crippen LogP contribution in [0.5, 0.6) is 0 Å². The van der Waals surface area contributed by atoms with E-state index >= 15 is 0 Å². The Bertz CT molecular complexity index is 435. The molecule has 1 aliphatic rings. The lowest BCUT2D eigenvalue weighted by atomic mass is 10.1. The van der Waals surface area contributed by atoms with E-state index in [4.69, 9.17) is 0 Å². The van der Waals surface area contributed by atoms with Gasteiger partial charge in [-0.25, -0.2) is 8.42 Å². The van der Waals surface area contributed by atoms with E-state index in [0.717, 1.165) is 25.8 Å². The number of hydrogen-bond donors (Lipinski definition) is 2. The van der Waals surface area contributed by atoms with Gasteiger partial charge in [0.25, 0.3) is 0 Å². The molecule has 2 heterocycles. The largest absolute Gasteiger partial charge is 0.348 e. The molecule has 1 saturated heterocycles. The Morgan fingerprint density at radius 1 is 1.47 bits per heavy atom. The molecule has 0 aromatic carbocycles. The van der Waals surface area contributed by atoms with Crippen molar-refractivity contribution < 1.29 is 8.42 Å². The van der Waals surface area contributed by atoms with E-state index in [0.29, 0.717) is 5.82 Å². The van der Waals surface area contributed by atoms with Crippen LogP contribution < -0.4 is 9.62 Å². The number of nitrogens with zero attached hydrogens (tertiary/aromatic N) is 1. The first-order chi connectivity index (χ1) is 8.09. The van der Waals surface area contributed by atoms with Crippen LogP contribution in [0.15, 0.2) is 18.3 Å². The fourth-order valence-electron chi connectivity index (χ4n) is 2.10. The molecule has 0 spiro atoms. The van der Waals surface area contributed by atoms with Gasteiger partial charge in [-0.05, 0) is 31.5 Å². The molecule has 1 fully saturated rings. The van der Waals surface area contributed by atoms with Gasteiger partial charge in [0.2, 0.25) is 10.0 Å². The van der Waals surface area contributed by atoms with Crippen LogP contribution in [0, 0.1) is 0 Å². The zero-order chi connectivity index (χ0) is 12.3. The molecule has 1 unspecified atom stereocenters. The Balaban J connectivity index is 2.03. The molecule has 96 valence electrons. The Labute approximate surface area is 102 Å². The van der Waals surface area contributed by atoms with Crippen molar-refractivity contribution in [2.45, 2.75) is 25.3 Å². The average Bonchev–Trinajstić information content (AvgIpc) is 2.82. The van der Waals surface area contributed by atoms with E-state index < -0.39 is 10.0 Å². The Morgan fingerprint density at radius 3 is 2.88 bits per heavy atom. The SMILES string of the molecule is CN(c1ccc[nH]1)S(=O)(=O)CC1CCCCN1. The lowest BCUT2D eigenvalue weighted by Gasteiger charge is -2.26. The molecule has 0 bridgehead atoms. The summed E-state index contributed by atoms with van der Waals surface area (Å²) in [4.78, 5) is 2.91. The maximum Gasteiger partial charge on any atom is 0.237 e. The number of aromatic amines is 1. The smallest absolute Gasteiger partial charge is 0.237 e. The Hall–Kier alpha value is -1.01. The summed E-state index contributed by atoms with van der Waals surface area (Å²) >= 11 is 0. The molecule has 0 saturated carbocycles. The minimum absolute atomic E-state index is 0.0890. The van der Waals surface area contributed by atoms with Crippen molar-refractivity contribution >= 4 is 15.8 Å². The molecule has 1 atom stereocenters. The third kappa shape index (κ3) is 3.01. The number of nitrogens with one attached hydrogen (secondary N) is 2. The fraction of sp³-hybridized carbons (Fsp3) is 0.636. The van der Waals surface area contributed by atoms with Crippen molar-refractivity contribution in [2.75, 3.05) is 23.7 Å². The summed E-state index contributed by atoms with van der Waals surface area (Å²) in [6.45, 7) is 0.923. The summed E-state index contributed by atoms with van der Waals surface area (Å²) in [5, 5.41) is 3.26. The highest BCUT2D eigenvalue weighted by atomic mass is 32.2. The number of hydrogen-bond acceptors (Lipinski definition) is 3. The molecule has 0 amide bonds. The lowest BCUT2D eigenvalue weighted by Crippen LogP contribution is -2.43. The van der Waals surface area contributed by atoms with Crippen LogP contribution in [-0.4, -0.2) is 38.8 Å². The maximum atomic E-state index is 12.2. The van der Waals surface area contributed by atoms with Gasteiger partial charge in [-0.15, -0.1) is 0 Å². The lowest BCUT2D eigenvalue weighted by molar-refractivity contribution is 0.423. The van der Waals surface area contributed by atoms with E-state index in [1.165, 1.54) is 4.31 Å². The predicted octanol–water partition coefficient (Wildman–Crippen LogP) is 0.923. The quantitative estimate of drug-likeness (QED) is 0.843. The topological polar surface area (TPSA) is 65.2 Å². The van der Waals surface area contributed by atoms with Crippen molar-refractivity contribution in [2.24, 2.45) is 0 Å². The summed E-state index contributed by atoms with van der Waals surface area (Å²) in [6.07, 6.45) is 4.92. The number of anilines is 1. The van der Waals surface area contributed by atoms with Gasteiger partial charge in [0, 0.05) is 19.3 Å². The fourth-order valence-corrected chi connectivity index (χ4v) is 3.53. The van der Waals surface area contributed by atoms with E-state index in [2.05, 4.69) is 10.3 Å². The van der Waals surface area contributed by atoms with E-state index in [1.807, 2.05) is 0 Å². The molecule has 1 aromatic heterocycles. The molecular weight excluding hydrogens is 238 g/mol. The van der Waals surface area contributed by atoms with Crippen LogP contribution in [0.25, 0.3) is 0 Å². The van der Waals surface area contributed by atoms with Crippen LogP contribution in [0.1, 0.15) is 19.3 Å². The summed E-state index contributed by atoms with van der Waals surface area (Å²) in [5.41, 5.74) is 0. The predicted molar refractivity (Wildman–Crippen MR) is 68.6 cm³/mol. The van der Waals surface area contributed by atoms with Crippen molar-refractivity contribution in [3.63, 3.8) is 0 Å². The number of sulfonamides is 1. The zero-order valence-corrected chi connectivity index (χ0v) is 10.8. The van der Waals surface area contributed by atoms with Crippen molar-refractivity contribution in [3.8, 4) is 0 Å². The normalized spacial score (nSPS) is 21.4. The molecule has 2 rings (SSSR count). The summed E-state index contributed by atoms with van der Waals surface area (Å²) in [5.74, 6) is 0.781. The molecule has 0 radical (unpaired) electrons. The van der Waals surface area contributed by atoms with Crippen LogP contribution in [0.3, 0.4) is 0 Å². The van der Waals surface area contributed by atoms with Gasteiger partial charge in [0.15, 0.2) is 0 Å². The molecule has 1 aromatic rings. The minimum atomic E-state index is -3.24. The van der Waals surface area contributed by atoms with Crippen molar-refractivity contribution in [1.29, 1.82) is 0 Å². The standard InChI is InChI=1S/C11H19N3O2S/c1-14(11-6-4-8-13-11)17(15,16)9-10-5-2-3-7-12-10/h4,6,8,10,12-13H,2-3,5,7,9H2,1H3. The average molecular weight is 257 g/mol. The summed E-state index contributed by atoms with van der Waals surface area (Å²) in [7, 11) is -1.66. The number of rotatable bonds is 4. The molecule has 17 heavy (non-hydrogen) atoms. The van der Waals surface area contributed by atoms with Gasteiger partial charge in [-0.1, -0.05) is 6.42 Å². The second-order valence-electron chi connectivity index (χ2n) is 4.45. The number of H-pyrrole nitrogens is 1. The van der Waals surface area contributed by atoms with E-state index in [9.17, 15) is 8.42 Å². The zero-order valence-electron chi connectivity index (χ0n) is 10.0. The van der Waals surface area contributed by atoms with Crippen molar-refractivity contribution in [1.82, 2.24) is 10.3 Å². The molecule has 5 nitrogen and oxygen atoms in total. The van der Waals surface area contributed by atoms with Gasteiger partial charge in [-0.2, -0.15) is 0 Å². The maximum absolute atomic E-state index is 12.2. The third-order valence-electron chi connectivity index (χ3n) is 3.16. The van der Waals surface area contributed by atoms with Gasteiger partial charge in [0.05, 0.1) is 5.75 Å². The van der Waals surface area contributed by atoms with Crippen LogP contribution >= 0.6 is 0 Å².